The Hall–Kier alpha value is -2.58. The third-order valence-corrected chi connectivity index (χ3v) is 3.08. The maximum Gasteiger partial charge on any atom is 0.407 e. The molecule has 2 aromatic rings. The maximum absolute atomic E-state index is 12.9. The molecule has 0 radical (unpaired) electrons. The normalized spacial score (nSPS) is 9.65. The van der Waals surface area contributed by atoms with Gasteiger partial charge in [-0.2, -0.15) is 4.39 Å². The lowest BCUT2D eigenvalue weighted by Crippen LogP contribution is -2.24. The number of carbonyl (C=O) groups is 1. The van der Waals surface area contributed by atoms with E-state index in [-0.39, 0.29) is 11.6 Å². The average molecular weight is 333 g/mol. The lowest BCUT2D eigenvalue weighted by Gasteiger charge is -2.05. The molecule has 0 aliphatic carbocycles. The molecule has 0 saturated carbocycles. The van der Waals surface area contributed by atoms with E-state index in [9.17, 15) is 9.18 Å². The van der Waals surface area contributed by atoms with Gasteiger partial charge in [0.25, 0.3) is 0 Å². The fourth-order valence-corrected chi connectivity index (χ4v) is 1.82. The van der Waals surface area contributed by atoms with Crippen LogP contribution in [0.3, 0.4) is 0 Å². The Morgan fingerprint density at radius 3 is 2.91 bits per heavy atom. The van der Waals surface area contributed by atoms with Crippen molar-refractivity contribution in [3.05, 3.63) is 64.7 Å². The molecule has 0 aliphatic rings. The molecule has 1 aromatic heterocycles. The number of amides is 1. The molecule has 23 heavy (non-hydrogen) atoms. The average Bonchev–Trinajstić information content (AvgIpc) is 2.56. The van der Waals surface area contributed by atoms with E-state index in [0.717, 1.165) is 11.6 Å². The van der Waals surface area contributed by atoms with Crippen molar-refractivity contribution in [3.8, 4) is 11.8 Å². The Morgan fingerprint density at radius 1 is 1.35 bits per heavy atom. The zero-order valence-electron chi connectivity index (χ0n) is 12.2. The molecule has 1 heterocycles. The number of hydrogen-bond acceptors (Lipinski definition) is 3. The molecule has 118 valence electrons. The van der Waals surface area contributed by atoms with Gasteiger partial charge in [-0.1, -0.05) is 53.8 Å². The zero-order valence-corrected chi connectivity index (χ0v) is 12.9. The summed E-state index contributed by atoms with van der Waals surface area (Å²) in [5.41, 5.74) is 1.28. The van der Waals surface area contributed by atoms with Gasteiger partial charge < -0.3 is 10.1 Å². The van der Waals surface area contributed by atoms with Crippen molar-refractivity contribution in [2.24, 2.45) is 0 Å². The summed E-state index contributed by atoms with van der Waals surface area (Å²) in [7, 11) is 0. The van der Waals surface area contributed by atoms with Gasteiger partial charge in [0.15, 0.2) is 0 Å². The minimum atomic E-state index is -0.638. The lowest BCUT2D eigenvalue weighted by atomic mass is 10.2. The molecular formula is C17H14ClFN2O2. The van der Waals surface area contributed by atoms with Crippen LogP contribution in [0.25, 0.3) is 0 Å². The first-order valence-corrected chi connectivity index (χ1v) is 7.27. The Morgan fingerprint density at radius 2 is 2.13 bits per heavy atom. The molecule has 1 aromatic carbocycles. The second kappa shape index (κ2) is 8.76. The van der Waals surface area contributed by atoms with Gasteiger partial charge in [-0.15, -0.1) is 0 Å². The summed E-state index contributed by atoms with van der Waals surface area (Å²) in [6, 6.07) is 10.5. The van der Waals surface area contributed by atoms with Gasteiger partial charge in [0.1, 0.15) is 6.61 Å². The van der Waals surface area contributed by atoms with Gasteiger partial charge >= 0.3 is 6.09 Å². The maximum atomic E-state index is 12.9. The number of nitrogens with one attached hydrogen (secondary N) is 1. The highest BCUT2D eigenvalue weighted by molar-refractivity contribution is 6.31. The number of carbonyl (C=O) groups excluding carboxylic acids is 1. The van der Waals surface area contributed by atoms with Crippen LogP contribution in [0.1, 0.15) is 17.5 Å². The predicted octanol–water partition coefficient (Wildman–Crippen LogP) is 3.54. The number of pyridine rings is 1. The summed E-state index contributed by atoms with van der Waals surface area (Å²) in [4.78, 5) is 14.9. The van der Waals surface area contributed by atoms with Crippen LogP contribution >= 0.6 is 11.6 Å². The summed E-state index contributed by atoms with van der Waals surface area (Å²) in [5.74, 6) is 4.89. The molecule has 4 nitrogen and oxygen atoms in total. The van der Waals surface area contributed by atoms with E-state index in [2.05, 4.69) is 22.1 Å². The first-order valence-electron chi connectivity index (χ1n) is 6.89. The third kappa shape index (κ3) is 5.97. The van der Waals surface area contributed by atoms with Gasteiger partial charge in [0, 0.05) is 30.8 Å². The van der Waals surface area contributed by atoms with Gasteiger partial charge in [-0.25, -0.2) is 9.78 Å². The summed E-state index contributed by atoms with van der Waals surface area (Å²) < 4.78 is 18.0. The van der Waals surface area contributed by atoms with E-state index >= 15 is 0 Å². The van der Waals surface area contributed by atoms with Crippen LogP contribution in [0, 0.1) is 17.8 Å². The fraction of sp³-hybridized carbons (Fsp3) is 0.176. The molecular weight excluding hydrogens is 319 g/mol. The lowest BCUT2D eigenvalue weighted by molar-refractivity contribution is 0.140. The smallest absolute Gasteiger partial charge is 0.407 e. The minimum Gasteiger partial charge on any atom is -0.445 e. The van der Waals surface area contributed by atoms with E-state index in [1.165, 1.54) is 6.20 Å². The number of hydrogen-bond donors (Lipinski definition) is 1. The molecule has 0 fully saturated rings. The van der Waals surface area contributed by atoms with Crippen LogP contribution in [0.5, 0.6) is 0 Å². The summed E-state index contributed by atoms with van der Waals surface area (Å²) >= 11 is 5.84. The molecule has 1 N–H and O–H groups in total. The zero-order chi connectivity index (χ0) is 16.5. The van der Waals surface area contributed by atoms with Crippen LogP contribution in [-0.4, -0.2) is 17.6 Å². The van der Waals surface area contributed by atoms with Crippen molar-refractivity contribution in [2.45, 2.75) is 13.0 Å². The molecule has 6 heteroatoms. The number of aromatic nitrogens is 1. The number of halogens is 2. The van der Waals surface area contributed by atoms with Gasteiger partial charge in [0.05, 0.1) is 5.02 Å². The first kappa shape index (κ1) is 16.8. The molecule has 0 spiro atoms. The van der Waals surface area contributed by atoms with E-state index in [0.29, 0.717) is 18.5 Å². The fourth-order valence-electron chi connectivity index (χ4n) is 1.67. The minimum absolute atomic E-state index is 0.213. The van der Waals surface area contributed by atoms with Crippen molar-refractivity contribution in [1.29, 1.82) is 0 Å². The van der Waals surface area contributed by atoms with Crippen molar-refractivity contribution >= 4 is 17.7 Å². The molecule has 0 unspecified atom stereocenters. The molecule has 1 amide bonds. The number of rotatable bonds is 4. The Bertz CT molecular complexity index is 726. The highest BCUT2D eigenvalue weighted by Gasteiger charge is 2.01. The summed E-state index contributed by atoms with van der Waals surface area (Å²) in [6.45, 7) is 0.538. The summed E-state index contributed by atoms with van der Waals surface area (Å²) in [6.07, 6.45) is 1.09. The monoisotopic (exact) mass is 332 g/mol. The van der Waals surface area contributed by atoms with E-state index in [1.807, 2.05) is 30.3 Å². The van der Waals surface area contributed by atoms with Gasteiger partial charge in [0.2, 0.25) is 5.95 Å². The highest BCUT2D eigenvalue weighted by Crippen LogP contribution is 2.13. The molecule has 0 saturated heterocycles. The van der Waals surface area contributed by atoms with E-state index in [1.54, 1.807) is 0 Å². The van der Waals surface area contributed by atoms with Gasteiger partial charge in [-0.3, -0.25) is 0 Å². The van der Waals surface area contributed by atoms with Gasteiger partial charge in [-0.05, 0) is 5.56 Å². The quantitative estimate of drug-likeness (QED) is 0.529. The van der Waals surface area contributed by atoms with Crippen LogP contribution in [0.15, 0.2) is 42.6 Å². The first-order chi connectivity index (χ1) is 11.1. The molecule has 2 rings (SSSR count). The van der Waals surface area contributed by atoms with Crippen molar-refractivity contribution in [1.82, 2.24) is 10.3 Å². The van der Waals surface area contributed by atoms with Crippen LogP contribution in [0.2, 0.25) is 5.02 Å². The van der Waals surface area contributed by atoms with Crippen LogP contribution in [0.4, 0.5) is 9.18 Å². The van der Waals surface area contributed by atoms with Crippen LogP contribution in [-0.2, 0) is 11.3 Å². The standard InChI is InChI=1S/C17H14ClFN2O2/c18-15-11-21-16(19)10-14(15)8-4-5-9-20-17(22)23-12-13-6-2-1-3-7-13/h1-3,6-7,10-11H,5,9,12H2,(H,20,22). The van der Waals surface area contributed by atoms with Crippen molar-refractivity contribution < 1.29 is 13.9 Å². The Kier molecular flexibility index (Phi) is 6.40. The Labute approximate surface area is 138 Å². The van der Waals surface area contributed by atoms with Crippen molar-refractivity contribution in [2.75, 3.05) is 6.54 Å². The Balaban J connectivity index is 1.70. The largest absolute Gasteiger partial charge is 0.445 e. The van der Waals surface area contributed by atoms with Crippen LogP contribution < -0.4 is 5.32 Å². The summed E-state index contributed by atoms with van der Waals surface area (Å²) in [5, 5.41) is 2.87. The topological polar surface area (TPSA) is 51.2 Å². The predicted molar refractivity (Wildman–Crippen MR) is 85.3 cm³/mol. The third-order valence-electron chi connectivity index (χ3n) is 2.78. The molecule has 0 aliphatic heterocycles. The van der Waals surface area contributed by atoms with Crippen molar-refractivity contribution in [3.63, 3.8) is 0 Å². The number of nitrogens with zero attached hydrogens (tertiary/aromatic N) is 1. The van der Waals surface area contributed by atoms with E-state index in [4.69, 9.17) is 16.3 Å². The molecule has 0 bridgehead atoms. The number of alkyl carbamates (subject to hydrolysis) is 1. The SMILES string of the molecule is O=C(NCCC#Cc1cc(F)ncc1Cl)OCc1ccccc1. The highest BCUT2D eigenvalue weighted by atomic mass is 35.5. The van der Waals surface area contributed by atoms with E-state index < -0.39 is 12.0 Å². The molecule has 0 atom stereocenters. The second-order valence-electron chi connectivity index (χ2n) is 4.53. The second-order valence-corrected chi connectivity index (χ2v) is 4.93. The number of ether oxygens (including phenoxy) is 1. The number of benzene rings is 1.